The van der Waals surface area contributed by atoms with E-state index in [0.29, 0.717) is 0 Å². The summed E-state index contributed by atoms with van der Waals surface area (Å²) in [5, 5.41) is 3.93. The molecule has 0 spiro atoms. The Morgan fingerprint density at radius 3 is 2.64 bits per heavy atom. The van der Waals surface area contributed by atoms with Crippen LogP contribution in [0, 0.1) is 5.92 Å². The van der Waals surface area contributed by atoms with E-state index in [1.54, 1.807) is 6.26 Å². The molecule has 0 atom stereocenters. The normalized spacial score (nSPS) is 20.4. The second-order valence-corrected chi connectivity index (χ2v) is 3.05. The fourth-order valence-electron chi connectivity index (χ4n) is 1.63. The number of rotatable bonds is 1. The third-order valence-corrected chi connectivity index (χ3v) is 2.26. The van der Waals surface area contributed by atoms with Crippen LogP contribution in [0.4, 0.5) is 0 Å². The first-order valence-electron chi connectivity index (χ1n) is 4.22. The van der Waals surface area contributed by atoms with E-state index in [-0.39, 0.29) is 0 Å². The van der Waals surface area contributed by atoms with Gasteiger partial charge in [-0.25, -0.2) is 0 Å². The van der Waals surface area contributed by atoms with Crippen molar-refractivity contribution in [1.82, 2.24) is 5.16 Å². The SMILES string of the molecule is c1cc([C]2CCCCC2)no1. The lowest BCUT2D eigenvalue weighted by atomic mass is 9.87. The lowest BCUT2D eigenvalue weighted by Gasteiger charge is -2.17. The molecule has 1 aromatic heterocycles. The molecule has 0 bridgehead atoms. The molecule has 2 heteroatoms. The van der Waals surface area contributed by atoms with Gasteiger partial charge in [0.25, 0.3) is 0 Å². The minimum absolute atomic E-state index is 1.07. The van der Waals surface area contributed by atoms with Gasteiger partial charge >= 0.3 is 0 Å². The van der Waals surface area contributed by atoms with Gasteiger partial charge in [0.1, 0.15) is 6.26 Å². The van der Waals surface area contributed by atoms with Crippen molar-refractivity contribution in [3.63, 3.8) is 0 Å². The van der Waals surface area contributed by atoms with E-state index in [1.165, 1.54) is 38.0 Å². The molecule has 0 amide bonds. The molecule has 1 aromatic rings. The summed E-state index contributed by atoms with van der Waals surface area (Å²) >= 11 is 0. The van der Waals surface area contributed by atoms with Gasteiger partial charge in [-0.1, -0.05) is 24.4 Å². The number of hydrogen-bond donors (Lipinski definition) is 0. The maximum Gasteiger partial charge on any atom is 0.124 e. The molecule has 0 aromatic carbocycles. The minimum atomic E-state index is 1.07. The first-order chi connectivity index (χ1) is 5.47. The molecule has 0 N–H and O–H groups in total. The first kappa shape index (κ1) is 6.89. The molecule has 59 valence electrons. The highest BCUT2D eigenvalue weighted by Gasteiger charge is 2.17. The van der Waals surface area contributed by atoms with Crippen LogP contribution in [0.5, 0.6) is 0 Å². The maximum absolute atomic E-state index is 4.80. The highest BCUT2D eigenvalue weighted by atomic mass is 16.5. The van der Waals surface area contributed by atoms with E-state index in [4.69, 9.17) is 4.52 Å². The van der Waals surface area contributed by atoms with Crippen LogP contribution in [0.1, 0.15) is 37.8 Å². The zero-order chi connectivity index (χ0) is 7.52. The Kier molecular flexibility index (Phi) is 1.93. The average molecular weight is 150 g/mol. The molecule has 1 radical (unpaired) electrons. The lowest BCUT2D eigenvalue weighted by molar-refractivity contribution is 0.408. The third kappa shape index (κ3) is 1.44. The molecule has 2 rings (SSSR count). The first-order valence-corrected chi connectivity index (χ1v) is 4.22. The quantitative estimate of drug-likeness (QED) is 0.615. The second kappa shape index (κ2) is 3.07. The van der Waals surface area contributed by atoms with E-state index in [0.717, 1.165) is 5.69 Å². The van der Waals surface area contributed by atoms with Crippen molar-refractivity contribution in [2.45, 2.75) is 32.1 Å². The van der Waals surface area contributed by atoms with Crippen LogP contribution >= 0.6 is 0 Å². The molecule has 11 heavy (non-hydrogen) atoms. The van der Waals surface area contributed by atoms with Crippen molar-refractivity contribution in [3.8, 4) is 0 Å². The molecule has 2 nitrogen and oxygen atoms in total. The van der Waals surface area contributed by atoms with Crippen LogP contribution in [-0.4, -0.2) is 5.16 Å². The fraction of sp³-hybridized carbons (Fsp3) is 0.556. The van der Waals surface area contributed by atoms with Crippen LogP contribution in [0.25, 0.3) is 0 Å². The molecule has 0 aliphatic heterocycles. The van der Waals surface area contributed by atoms with Gasteiger partial charge < -0.3 is 4.52 Å². The summed E-state index contributed by atoms with van der Waals surface area (Å²) in [5.41, 5.74) is 1.07. The van der Waals surface area contributed by atoms with E-state index in [9.17, 15) is 0 Å². The summed E-state index contributed by atoms with van der Waals surface area (Å²) in [6.07, 6.45) is 8.10. The van der Waals surface area contributed by atoms with Crippen molar-refractivity contribution in [1.29, 1.82) is 0 Å². The van der Waals surface area contributed by atoms with Crippen LogP contribution in [-0.2, 0) is 0 Å². The summed E-state index contributed by atoms with van der Waals surface area (Å²) in [4.78, 5) is 0. The summed E-state index contributed by atoms with van der Waals surface area (Å²) in [6.45, 7) is 0. The number of aromatic nitrogens is 1. The maximum atomic E-state index is 4.80. The van der Waals surface area contributed by atoms with Gasteiger partial charge in [-0.05, 0) is 12.8 Å². The van der Waals surface area contributed by atoms with Crippen LogP contribution in [0.2, 0.25) is 0 Å². The molecule has 1 aliphatic rings. The van der Waals surface area contributed by atoms with Gasteiger partial charge in [0.2, 0.25) is 0 Å². The van der Waals surface area contributed by atoms with E-state index in [2.05, 4.69) is 5.16 Å². The van der Waals surface area contributed by atoms with Gasteiger partial charge in [0, 0.05) is 12.0 Å². The Bertz CT molecular complexity index is 199. The summed E-state index contributed by atoms with van der Waals surface area (Å²) < 4.78 is 4.80. The third-order valence-electron chi connectivity index (χ3n) is 2.26. The van der Waals surface area contributed by atoms with Gasteiger partial charge in [0.15, 0.2) is 0 Å². The van der Waals surface area contributed by atoms with Crippen LogP contribution in [0.15, 0.2) is 16.9 Å². The highest BCUT2D eigenvalue weighted by molar-refractivity contribution is 5.20. The number of nitrogens with zero attached hydrogens (tertiary/aromatic N) is 1. The largest absolute Gasteiger partial charge is 0.364 e. The molecule has 0 saturated heterocycles. The fourth-order valence-corrected chi connectivity index (χ4v) is 1.63. The molecule has 1 saturated carbocycles. The average Bonchev–Trinajstić information content (AvgIpc) is 2.58. The Labute approximate surface area is 66.6 Å². The second-order valence-electron chi connectivity index (χ2n) is 3.05. The van der Waals surface area contributed by atoms with E-state index in [1.807, 2.05) is 6.07 Å². The zero-order valence-corrected chi connectivity index (χ0v) is 6.55. The standard InChI is InChI=1S/C9H12NO/c1-2-4-8(5-3-1)9-6-7-11-10-9/h6-7H,1-5H2. The van der Waals surface area contributed by atoms with Crippen molar-refractivity contribution in [2.24, 2.45) is 0 Å². The predicted molar refractivity (Wildman–Crippen MR) is 41.9 cm³/mol. The van der Waals surface area contributed by atoms with Gasteiger partial charge in [-0.2, -0.15) is 0 Å². The highest BCUT2D eigenvalue weighted by Crippen LogP contribution is 2.30. The van der Waals surface area contributed by atoms with Crippen molar-refractivity contribution < 1.29 is 4.52 Å². The predicted octanol–water partition coefficient (Wildman–Crippen LogP) is 2.56. The molecule has 1 fully saturated rings. The van der Waals surface area contributed by atoms with Crippen LogP contribution < -0.4 is 0 Å². The Hall–Kier alpha value is -0.790. The van der Waals surface area contributed by atoms with Gasteiger partial charge in [-0.3, -0.25) is 0 Å². The Balaban J connectivity index is 2.04. The monoisotopic (exact) mass is 150 g/mol. The lowest BCUT2D eigenvalue weighted by Crippen LogP contribution is -2.05. The van der Waals surface area contributed by atoms with Crippen molar-refractivity contribution in [2.75, 3.05) is 0 Å². The van der Waals surface area contributed by atoms with Gasteiger partial charge in [-0.15, -0.1) is 0 Å². The topological polar surface area (TPSA) is 26.0 Å². The summed E-state index contributed by atoms with van der Waals surface area (Å²) in [7, 11) is 0. The minimum Gasteiger partial charge on any atom is -0.364 e. The zero-order valence-electron chi connectivity index (χ0n) is 6.55. The molecular weight excluding hydrogens is 138 g/mol. The van der Waals surface area contributed by atoms with Crippen LogP contribution in [0.3, 0.4) is 0 Å². The Morgan fingerprint density at radius 2 is 2.00 bits per heavy atom. The Morgan fingerprint density at radius 1 is 1.18 bits per heavy atom. The summed E-state index contributed by atoms with van der Waals surface area (Å²) in [5.74, 6) is 1.48. The van der Waals surface area contributed by atoms with E-state index >= 15 is 0 Å². The smallest absolute Gasteiger partial charge is 0.124 e. The molecule has 0 unspecified atom stereocenters. The number of hydrogen-bond acceptors (Lipinski definition) is 2. The van der Waals surface area contributed by atoms with Crippen molar-refractivity contribution in [3.05, 3.63) is 23.9 Å². The molecular formula is C9H12NO. The molecule has 1 aliphatic carbocycles. The summed E-state index contributed by atoms with van der Waals surface area (Å²) in [6, 6.07) is 1.96. The molecule has 1 heterocycles. The van der Waals surface area contributed by atoms with Crippen molar-refractivity contribution >= 4 is 0 Å². The van der Waals surface area contributed by atoms with Gasteiger partial charge in [0.05, 0.1) is 5.69 Å². The van der Waals surface area contributed by atoms with E-state index < -0.39 is 0 Å².